The number of nitrogens with one attached hydrogen (secondary N) is 1. The highest BCUT2D eigenvalue weighted by Gasteiger charge is 2.21. The molecule has 2 N–H and O–H groups in total. The first-order valence-corrected chi connectivity index (χ1v) is 7.53. The van der Waals surface area contributed by atoms with Crippen molar-refractivity contribution in [2.75, 3.05) is 20.6 Å². The number of hydrogen-bond acceptors (Lipinski definition) is 6. The highest BCUT2D eigenvalue weighted by molar-refractivity contribution is 5.94. The monoisotopic (exact) mass is 348 g/mol. The minimum absolute atomic E-state index is 0.0614. The summed E-state index contributed by atoms with van der Waals surface area (Å²) in [5, 5.41) is 22.9. The van der Waals surface area contributed by atoms with Crippen molar-refractivity contribution in [3.63, 3.8) is 0 Å². The second-order valence-corrected chi connectivity index (χ2v) is 6.37. The van der Waals surface area contributed by atoms with Crippen molar-refractivity contribution >= 4 is 21.8 Å². The van der Waals surface area contributed by atoms with E-state index in [4.69, 9.17) is 0 Å². The molecule has 1 aromatic heterocycles. The van der Waals surface area contributed by atoms with Gasteiger partial charge in [0.25, 0.3) is 0 Å². The Morgan fingerprint density at radius 3 is 2.20 bits per heavy atom. The summed E-state index contributed by atoms with van der Waals surface area (Å²) in [6.07, 6.45) is 0.312. The third-order valence-corrected chi connectivity index (χ3v) is 4.03. The number of H-pyrrole nitrogens is 1. The van der Waals surface area contributed by atoms with Gasteiger partial charge >= 0.3 is 0 Å². The van der Waals surface area contributed by atoms with Crippen LogP contribution >= 0.6 is 0 Å². The van der Waals surface area contributed by atoms with E-state index in [0.29, 0.717) is 11.4 Å². The first kappa shape index (κ1) is 16.9. The summed E-state index contributed by atoms with van der Waals surface area (Å²) in [5.74, 6) is 0. The molecule has 0 aliphatic heterocycles. The third-order valence-electron chi connectivity index (χ3n) is 4.03. The molecular weight excluding hydrogens is 332 g/mol. The van der Waals surface area contributed by atoms with Gasteiger partial charge in [-0.1, -0.05) is 4.96 Å². The lowest BCUT2D eigenvalue weighted by atomic mass is 10.1. The van der Waals surface area contributed by atoms with Crippen LogP contribution < -0.4 is 21.7 Å². The molecule has 0 bridgehead atoms. The minimum atomic E-state index is -0.825. The molecule has 132 valence electrons. The smallest absolute Gasteiger partial charge is 0.218 e. The molecule has 0 amide bonds. The van der Waals surface area contributed by atoms with Crippen LogP contribution in [-0.4, -0.2) is 45.2 Å². The summed E-state index contributed by atoms with van der Waals surface area (Å²) in [7, 11) is 2.91. The number of rotatable bonds is 4. The van der Waals surface area contributed by atoms with Crippen molar-refractivity contribution in [1.82, 2.24) is 14.7 Å². The second-order valence-electron chi connectivity index (χ2n) is 6.37. The number of quaternary nitrogens is 1. The first-order chi connectivity index (χ1) is 11.6. The van der Waals surface area contributed by atoms with Gasteiger partial charge < -0.3 is 15.1 Å². The van der Waals surface area contributed by atoms with Crippen LogP contribution in [0, 0.1) is 5.21 Å². The van der Waals surface area contributed by atoms with E-state index in [2.05, 4.69) is 5.10 Å². The average Bonchev–Trinajstić information content (AvgIpc) is 2.83. The van der Waals surface area contributed by atoms with Gasteiger partial charge in [0.05, 0.1) is 38.0 Å². The molecule has 25 heavy (non-hydrogen) atoms. The lowest BCUT2D eigenvalue weighted by Gasteiger charge is -2.33. The normalized spacial score (nSPS) is 12.3. The zero-order valence-electron chi connectivity index (χ0n) is 13.6. The molecule has 0 aliphatic carbocycles. The summed E-state index contributed by atoms with van der Waals surface area (Å²) in [6, 6.07) is 1.88. The quantitative estimate of drug-likeness (QED) is 0.353. The van der Waals surface area contributed by atoms with Gasteiger partial charge in [-0.3, -0.25) is 19.2 Å². The fourth-order valence-electron chi connectivity index (χ4n) is 2.89. The Morgan fingerprint density at radius 2 is 1.64 bits per heavy atom. The molecule has 0 radical (unpaired) electrons. The van der Waals surface area contributed by atoms with E-state index in [-0.39, 0.29) is 24.1 Å². The number of hydroxylamine groups is 3. The molecule has 0 unspecified atom stereocenters. The molecule has 0 saturated carbocycles. The van der Waals surface area contributed by atoms with Crippen LogP contribution in [0.3, 0.4) is 0 Å². The molecule has 0 fully saturated rings. The number of fused-ring (bicyclic) bond motifs is 2. The SMILES string of the molecule is C[N+](C)([O-])CCCn1c2c(=O)c3c(=O)ccc(=O)c3c(=O)c2[nH]n1O. The maximum absolute atomic E-state index is 12.7. The lowest BCUT2D eigenvalue weighted by Crippen LogP contribution is -2.34. The zero-order valence-corrected chi connectivity index (χ0v) is 13.6. The van der Waals surface area contributed by atoms with Crippen LogP contribution in [-0.2, 0) is 6.54 Å². The van der Waals surface area contributed by atoms with Gasteiger partial charge in [0.2, 0.25) is 10.9 Å². The summed E-state index contributed by atoms with van der Waals surface area (Å²) >= 11 is 0. The van der Waals surface area contributed by atoms with E-state index in [1.165, 1.54) is 14.1 Å². The van der Waals surface area contributed by atoms with Crippen molar-refractivity contribution in [3.05, 3.63) is 58.2 Å². The number of aromatic amines is 1. The van der Waals surface area contributed by atoms with E-state index in [1.807, 2.05) is 0 Å². The predicted molar refractivity (Wildman–Crippen MR) is 90.2 cm³/mol. The van der Waals surface area contributed by atoms with Crippen molar-refractivity contribution < 1.29 is 9.85 Å². The van der Waals surface area contributed by atoms with Crippen molar-refractivity contribution in [3.8, 4) is 0 Å². The molecule has 2 aromatic carbocycles. The standard InChI is InChI=1S/C15H16N4O6/c1-19(2,25)7-3-6-17-13-12(16-18(17)24)14(22)10-8(20)4-5-9(21)11(10)15(13)23/h4-5,16,24H,3,6-7H2,1-2H3. The third kappa shape index (κ3) is 2.71. The van der Waals surface area contributed by atoms with E-state index < -0.39 is 37.1 Å². The van der Waals surface area contributed by atoms with Gasteiger partial charge in [-0.05, 0) is 12.1 Å². The number of aromatic nitrogens is 3. The Labute approximate surface area is 139 Å². The van der Waals surface area contributed by atoms with Crippen LogP contribution in [0.5, 0.6) is 0 Å². The minimum Gasteiger partial charge on any atom is -0.633 e. The van der Waals surface area contributed by atoms with Crippen LogP contribution in [0.15, 0.2) is 31.3 Å². The fourth-order valence-corrected chi connectivity index (χ4v) is 2.89. The van der Waals surface area contributed by atoms with Crippen LogP contribution in [0.1, 0.15) is 6.42 Å². The Kier molecular flexibility index (Phi) is 3.73. The van der Waals surface area contributed by atoms with Gasteiger partial charge in [-0.25, -0.2) is 9.78 Å². The topological polar surface area (TPSA) is 137 Å². The number of hydrogen-bond donors (Lipinski definition) is 2. The molecule has 3 rings (SSSR count). The molecule has 3 aromatic rings. The van der Waals surface area contributed by atoms with Crippen molar-refractivity contribution in [2.45, 2.75) is 13.0 Å². The van der Waals surface area contributed by atoms with Gasteiger partial charge in [0.15, 0.2) is 10.9 Å². The van der Waals surface area contributed by atoms with Crippen molar-refractivity contribution in [2.24, 2.45) is 0 Å². The first-order valence-electron chi connectivity index (χ1n) is 7.53. The lowest BCUT2D eigenvalue weighted by molar-refractivity contribution is -0.840. The highest BCUT2D eigenvalue weighted by atomic mass is 16.5. The van der Waals surface area contributed by atoms with Gasteiger partial charge in [0, 0.05) is 6.42 Å². The highest BCUT2D eigenvalue weighted by Crippen LogP contribution is 2.09. The summed E-state index contributed by atoms with van der Waals surface area (Å²) in [5.41, 5.74) is -3.57. The Morgan fingerprint density at radius 1 is 1.08 bits per heavy atom. The zero-order chi connectivity index (χ0) is 18.5. The van der Waals surface area contributed by atoms with Crippen LogP contribution in [0.2, 0.25) is 0 Å². The largest absolute Gasteiger partial charge is 0.633 e. The maximum atomic E-state index is 12.7. The molecule has 0 aliphatic rings. The van der Waals surface area contributed by atoms with E-state index in [0.717, 1.165) is 16.8 Å². The van der Waals surface area contributed by atoms with Gasteiger partial charge in [-0.2, -0.15) is 0 Å². The Hall–Kier alpha value is -2.98. The fraction of sp³-hybridized carbons (Fsp3) is 0.333. The Balaban J connectivity index is 2.32. The molecule has 10 nitrogen and oxygen atoms in total. The van der Waals surface area contributed by atoms with Crippen molar-refractivity contribution in [1.29, 1.82) is 0 Å². The number of benzene rings is 2. The average molecular weight is 348 g/mol. The van der Waals surface area contributed by atoms with Gasteiger partial charge in [-0.15, -0.1) is 0 Å². The molecule has 10 heteroatoms. The predicted octanol–water partition coefficient (Wildman–Crippen LogP) is -0.996. The maximum Gasteiger partial charge on any atom is 0.218 e. The molecule has 0 atom stereocenters. The molecule has 1 heterocycles. The Bertz CT molecular complexity index is 1200. The molecule has 0 spiro atoms. The number of nitrogens with zero attached hydrogens (tertiary/aromatic N) is 3. The van der Waals surface area contributed by atoms with Crippen LogP contribution in [0.4, 0.5) is 0 Å². The summed E-state index contributed by atoms with van der Waals surface area (Å²) in [4.78, 5) is 49.6. The van der Waals surface area contributed by atoms with E-state index in [9.17, 15) is 29.6 Å². The molecular formula is C15H16N4O6. The van der Waals surface area contributed by atoms with E-state index in [1.54, 1.807) is 0 Å². The van der Waals surface area contributed by atoms with Crippen LogP contribution in [0.25, 0.3) is 21.8 Å². The summed E-state index contributed by atoms with van der Waals surface area (Å²) < 4.78 is 0.518. The second kappa shape index (κ2) is 5.53. The van der Waals surface area contributed by atoms with Gasteiger partial charge in [0.1, 0.15) is 11.0 Å². The van der Waals surface area contributed by atoms with E-state index >= 15 is 0 Å². The summed E-state index contributed by atoms with van der Waals surface area (Å²) in [6.45, 7) is 0.273. The number of aryl methyl sites for hydroxylation is 1. The molecule has 0 saturated heterocycles.